The summed E-state index contributed by atoms with van der Waals surface area (Å²) in [7, 11) is 0. The zero-order valence-corrected chi connectivity index (χ0v) is 8.50. The van der Waals surface area contributed by atoms with Crippen LogP contribution in [0.4, 0.5) is 0 Å². The Kier molecular flexibility index (Phi) is 1.93. The molecule has 0 saturated heterocycles. The number of rotatable bonds is 1. The second kappa shape index (κ2) is 3.27. The molecule has 0 aliphatic heterocycles. The van der Waals surface area contributed by atoms with Crippen LogP contribution < -0.4 is 0 Å². The van der Waals surface area contributed by atoms with E-state index in [4.69, 9.17) is 0 Å². The van der Waals surface area contributed by atoms with Gasteiger partial charge in [0.1, 0.15) is 0 Å². The van der Waals surface area contributed by atoms with E-state index in [1.54, 1.807) is 16.7 Å². The van der Waals surface area contributed by atoms with Gasteiger partial charge in [-0.15, -0.1) is 0 Å². The van der Waals surface area contributed by atoms with Crippen LogP contribution in [0.25, 0.3) is 0 Å². The van der Waals surface area contributed by atoms with Gasteiger partial charge in [-0.2, -0.15) is 0 Å². The van der Waals surface area contributed by atoms with Gasteiger partial charge in [0, 0.05) is 0 Å². The molecule has 1 fully saturated rings. The summed E-state index contributed by atoms with van der Waals surface area (Å²) in [5.41, 5.74) is 4.87. The van der Waals surface area contributed by atoms with Gasteiger partial charge in [0.15, 0.2) is 0 Å². The maximum absolute atomic E-state index is 2.37. The predicted octanol–water partition coefficient (Wildman–Crippen LogP) is 3.93. The molecule has 0 aromatic heterocycles. The molecule has 3 aliphatic rings. The molecular weight excluding hydrogens is 168 g/mol. The van der Waals surface area contributed by atoms with Crippen LogP contribution in [0.1, 0.15) is 32.1 Å². The van der Waals surface area contributed by atoms with Crippen LogP contribution in [0.2, 0.25) is 0 Å². The molecule has 0 aromatic rings. The Morgan fingerprint density at radius 1 is 1.00 bits per heavy atom. The van der Waals surface area contributed by atoms with Crippen LogP contribution in [0.5, 0.6) is 0 Å². The van der Waals surface area contributed by atoms with Crippen molar-refractivity contribution in [1.29, 1.82) is 0 Å². The molecule has 3 aliphatic carbocycles. The number of fused-ring (bicyclic) bond motifs is 1. The molecule has 14 heavy (non-hydrogen) atoms. The molecule has 0 heterocycles. The second-order valence-corrected chi connectivity index (χ2v) is 4.53. The SMILES string of the molecule is C1=CCCC(C2=CC=C3CCC3C2)=C1. The van der Waals surface area contributed by atoms with E-state index >= 15 is 0 Å². The highest BCUT2D eigenvalue weighted by atomic mass is 14.3. The Bertz CT molecular complexity index is 363. The molecule has 0 spiro atoms. The molecule has 0 bridgehead atoms. The van der Waals surface area contributed by atoms with Crippen LogP contribution in [0.15, 0.2) is 47.1 Å². The Labute approximate surface area is 85.7 Å². The van der Waals surface area contributed by atoms with Gasteiger partial charge in [0.25, 0.3) is 0 Å². The third kappa shape index (κ3) is 1.30. The first kappa shape index (κ1) is 8.28. The van der Waals surface area contributed by atoms with Crippen molar-refractivity contribution in [1.82, 2.24) is 0 Å². The average Bonchev–Trinajstić information content (AvgIpc) is 2.21. The highest BCUT2D eigenvalue weighted by Gasteiger charge is 2.27. The lowest BCUT2D eigenvalue weighted by Crippen LogP contribution is -2.19. The van der Waals surface area contributed by atoms with Crippen LogP contribution >= 0.6 is 0 Å². The molecule has 1 saturated carbocycles. The van der Waals surface area contributed by atoms with Crippen LogP contribution in [-0.2, 0) is 0 Å². The van der Waals surface area contributed by atoms with Crippen molar-refractivity contribution < 1.29 is 0 Å². The summed E-state index contributed by atoms with van der Waals surface area (Å²) in [4.78, 5) is 0. The topological polar surface area (TPSA) is 0 Å². The second-order valence-electron chi connectivity index (χ2n) is 4.53. The molecule has 0 aromatic carbocycles. The van der Waals surface area contributed by atoms with E-state index in [1.807, 2.05) is 0 Å². The fourth-order valence-corrected chi connectivity index (χ4v) is 2.62. The summed E-state index contributed by atoms with van der Waals surface area (Å²) in [5, 5.41) is 0. The lowest BCUT2D eigenvalue weighted by molar-refractivity contribution is 0.434. The Hall–Kier alpha value is -1.04. The summed E-state index contributed by atoms with van der Waals surface area (Å²) in [6, 6.07) is 0. The highest BCUT2D eigenvalue weighted by molar-refractivity contribution is 5.43. The van der Waals surface area contributed by atoms with E-state index in [-0.39, 0.29) is 0 Å². The van der Waals surface area contributed by atoms with Crippen molar-refractivity contribution in [2.75, 3.05) is 0 Å². The van der Waals surface area contributed by atoms with Crippen molar-refractivity contribution in [3.63, 3.8) is 0 Å². The molecule has 0 amide bonds. The van der Waals surface area contributed by atoms with Gasteiger partial charge in [-0.1, -0.05) is 36.0 Å². The molecule has 0 radical (unpaired) electrons. The van der Waals surface area contributed by atoms with E-state index in [9.17, 15) is 0 Å². The van der Waals surface area contributed by atoms with E-state index in [0.717, 1.165) is 5.92 Å². The fourth-order valence-electron chi connectivity index (χ4n) is 2.62. The molecule has 3 rings (SSSR count). The Morgan fingerprint density at radius 3 is 2.64 bits per heavy atom. The first-order chi connectivity index (χ1) is 6.93. The van der Waals surface area contributed by atoms with Crippen molar-refractivity contribution in [2.24, 2.45) is 5.92 Å². The average molecular weight is 184 g/mol. The van der Waals surface area contributed by atoms with Gasteiger partial charge in [0.2, 0.25) is 0 Å². The van der Waals surface area contributed by atoms with Gasteiger partial charge in [-0.25, -0.2) is 0 Å². The van der Waals surface area contributed by atoms with Crippen molar-refractivity contribution >= 4 is 0 Å². The number of hydrogen-bond donors (Lipinski definition) is 0. The summed E-state index contributed by atoms with van der Waals surface area (Å²) in [6.07, 6.45) is 18.1. The number of allylic oxidation sites excluding steroid dienone is 8. The molecular formula is C14H16. The molecule has 1 atom stereocenters. The zero-order valence-electron chi connectivity index (χ0n) is 8.50. The first-order valence-corrected chi connectivity index (χ1v) is 5.69. The molecule has 0 heteroatoms. The fraction of sp³-hybridized carbons (Fsp3) is 0.429. The predicted molar refractivity (Wildman–Crippen MR) is 60.0 cm³/mol. The largest absolute Gasteiger partial charge is 0.0842 e. The minimum atomic E-state index is 0.904. The van der Waals surface area contributed by atoms with Crippen LogP contribution in [0, 0.1) is 5.92 Å². The summed E-state index contributed by atoms with van der Waals surface area (Å²) >= 11 is 0. The maximum Gasteiger partial charge on any atom is -0.0156 e. The van der Waals surface area contributed by atoms with Gasteiger partial charge in [-0.3, -0.25) is 0 Å². The molecule has 0 nitrogen and oxygen atoms in total. The smallest absolute Gasteiger partial charge is 0.0156 e. The van der Waals surface area contributed by atoms with Crippen molar-refractivity contribution in [3.05, 3.63) is 47.1 Å². The Morgan fingerprint density at radius 2 is 2.00 bits per heavy atom. The van der Waals surface area contributed by atoms with E-state index in [0.29, 0.717) is 0 Å². The van der Waals surface area contributed by atoms with Crippen molar-refractivity contribution in [2.45, 2.75) is 32.1 Å². The van der Waals surface area contributed by atoms with E-state index in [1.165, 1.54) is 32.1 Å². The summed E-state index contributed by atoms with van der Waals surface area (Å²) in [6.45, 7) is 0. The standard InChI is InChI=1S/C14H16/c1-2-4-11(5-3-1)13-8-6-12-7-9-14(12)10-13/h1-2,4,6,8,14H,3,5,7,9-10H2. The Balaban J connectivity index is 1.85. The van der Waals surface area contributed by atoms with Crippen molar-refractivity contribution in [3.8, 4) is 0 Å². The first-order valence-electron chi connectivity index (χ1n) is 5.69. The zero-order chi connectivity index (χ0) is 9.38. The van der Waals surface area contributed by atoms with Gasteiger partial charge >= 0.3 is 0 Å². The van der Waals surface area contributed by atoms with E-state index in [2.05, 4.69) is 30.4 Å². The molecule has 0 N–H and O–H groups in total. The lowest BCUT2D eigenvalue weighted by atomic mass is 9.71. The lowest BCUT2D eigenvalue weighted by Gasteiger charge is -2.34. The maximum atomic E-state index is 2.37. The van der Waals surface area contributed by atoms with E-state index < -0.39 is 0 Å². The van der Waals surface area contributed by atoms with Crippen LogP contribution in [-0.4, -0.2) is 0 Å². The van der Waals surface area contributed by atoms with Gasteiger partial charge in [0.05, 0.1) is 0 Å². The normalized spacial score (nSPS) is 29.7. The molecule has 1 unspecified atom stereocenters. The third-order valence-corrected chi connectivity index (χ3v) is 3.70. The number of hydrogen-bond acceptors (Lipinski definition) is 0. The minimum absolute atomic E-state index is 0.904. The van der Waals surface area contributed by atoms with Crippen LogP contribution in [0.3, 0.4) is 0 Å². The van der Waals surface area contributed by atoms with Gasteiger partial charge in [-0.05, 0) is 49.2 Å². The summed E-state index contributed by atoms with van der Waals surface area (Å²) in [5.74, 6) is 0.904. The third-order valence-electron chi connectivity index (χ3n) is 3.70. The quantitative estimate of drug-likeness (QED) is 0.579. The summed E-state index contributed by atoms with van der Waals surface area (Å²) < 4.78 is 0. The molecule has 72 valence electrons. The van der Waals surface area contributed by atoms with Gasteiger partial charge < -0.3 is 0 Å². The minimum Gasteiger partial charge on any atom is -0.0842 e. The highest BCUT2D eigenvalue weighted by Crippen LogP contribution is 2.43. The monoisotopic (exact) mass is 184 g/mol.